The molecule has 0 bridgehead atoms. The molecule has 1 aromatic carbocycles. The number of carboxylic acid groups (broad SMARTS) is 1. The Morgan fingerprint density at radius 1 is 1.32 bits per heavy atom. The molecule has 6 nitrogen and oxygen atoms in total. The number of benzene rings is 1. The average Bonchev–Trinajstić information content (AvgIpc) is 3.46. The summed E-state index contributed by atoms with van der Waals surface area (Å²) in [4.78, 5) is 26.3. The van der Waals surface area contributed by atoms with Gasteiger partial charge < -0.3 is 19.7 Å². The van der Waals surface area contributed by atoms with E-state index in [1.165, 1.54) is 28.5 Å². The number of rotatable bonds is 5. The van der Waals surface area contributed by atoms with Crippen LogP contribution in [0.3, 0.4) is 0 Å². The molecule has 3 aromatic rings. The van der Waals surface area contributed by atoms with E-state index in [0.717, 1.165) is 42.8 Å². The SMILES string of the molecule is Cl.O=C(O)c1cn(C2CC2)c2c(OC(F)F)c(-c3cc4c(s3)CCNC4)ccc2c1=O. The Kier molecular flexibility index (Phi) is 5.76. The molecule has 2 aliphatic rings. The Hall–Kier alpha value is -2.49. The van der Waals surface area contributed by atoms with Gasteiger partial charge in [0, 0.05) is 40.6 Å². The summed E-state index contributed by atoms with van der Waals surface area (Å²) < 4.78 is 33.4. The number of nitrogens with one attached hydrogen (secondary N) is 1. The first kappa shape index (κ1) is 21.7. The molecule has 0 atom stereocenters. The highest BCUT2D eigenvalue weighted by Gasteiger charge is 2.30. The van der Waals surface area contributed by atoms with E-state index < -0.39 is 18.0 Å². The molecule has 2 aromatic heterocycles. The number of halogens is 3. The predicted octanol–water partition coefficient (Wildman–Crippen LogP) is 4.43. The van der Waals surface area contributed by atoms with Crippen LogP contribution in [0.5, 0.6) is 5.75 Å². The number of pyridine rings is 1. The quantitative estimate of drug-likeness (QED) is 0.579. The average molecular weight is 469 g/mol. The number of carbonyl (C=O) groups is 1. The summed E-state index contributed by atoms with van der Waals surface area (Å²) in [6, 6.07) is 5.03. The van der Waals surface area contributed by atoms with Crippen molar-refractivity contribution in [2.24, 2.45) is 0 Å². The van der Waals surface area contributed by atoms with Crippen LogP contribution in [0.4, 0.5) is 8.78 Å². The van der Waals surface area contributed by atoms with Crippen LogP contribution in [0.25, 0.3) is 21.3 Å². The maximum atomic E-state index is 13.4. The van der Waals surface area contributed by atoms with Gasteiger partial charge in [0.2, 0.25) is 5.43 Å². The molecule has 0 spiro atoms. The molecule has 0 radical (unpaired) electrons. The van der Waals surface area contributed by atoms with Gasteiger partial charge >= 0.3 is 12.6 Å². The molecular weight excluding hydrogens is 450 g/mol. The van der Waals surface area contributed by atoms with E-state index in [0.29, 0.717) is 5.56 Å². The number of hydrogen-bond acceptors (Lipinski definition) is 5. The monoisotopic (exact) mass is 468 g/mol. The second-order valence-electron chi connectivity index (χ2n) is 7.52. The number of carboxylic acids is 1. The van der Waals surface area contributed by atoms with E-state index in [9.17, 15) is 23.5 Å². The lowest BCUT2D eigenvalue weighted by Gasteiger charge is -2.18. The normalized spacial score (nSPS) is 15.6. The first-order valence-electron chi connectivity index (χ1n) is 9.66. The van der Waals surface area contributed by atoms with Crippen LogP contribution in [0.15, 0.2) is 29.2 Å². The molecule has 0 saturated heterocycles. The minimum atomic E-state index is -3.08. The van der Waals surface area contributed by atoms with Gasteiger partial charge in [0.05, 0.1) is 10.9 Å². The van der Waals surface area contributed by atoms with Gasteiger partial charge in [0.15, 0.2) is 5.75 Å². The molecule has 2 N–H and O–H groups in total. The highest BCUT2D eigenvalue weighted by atomic mass is 35.5. The van der Waals surface area contributed by atoms with Crippen molar-refractivity contribution in [1.82, 2.24) is 9.88 Å². The Morgan fingerprint density at radius 2 is 2.10 bits per heavy atom. The van der Waals surface area contributed by atoms with E-state index >= 15 is 0 Å². The van der Waals surface area contributed by atoms with Gasteiger partial charge in [-0.2, -0.15) is 8.78 Å². The highest BCUT2D eigenvalue weighted by molar-refractivity contribution is 7.15. The smallest absolute Gasteiger partial charge is 0.387 e. The molecule has 1 saturated carbocycles. The van der Waals surface area contributed by atoms with Gasteiger partial charge in [-0.25, -0.2) is 4.79 Å². The van der Waals surface area contributed by atoms with Gasteiger partial charge in [-0.1, -0.05) is 0 Å². The van der Waals surface area contributed by atoms with E-state index in [-0.39, 0.29) is 40.7 Å². The largest absolute Gasteiger partial charge is 0.477 e. The number of aromatic nitrogens is 1. The van der Waals surface area contributed by atoms with Crippen LogP contribution < -0.4 is 15.5 Å². The highest BCUT2D eigenvalue weighted by Crippen LogP contribution is 2.45. The lowest BCUT2D eigenvalue weighted by atomic mass is 10.0. The van der Waals surface area contributed by atoms with Gasteiger partial charge in [-0.3, -0.25) is 4.79 Å². The minimum absolute atomic E-state index is 0. The van der Waals surface area contributed by atoms with Crippen molar-refractivity contribution >= 4 is 40.6 Å². The van der Waals surface area contributed by atoms with Gasteiger partial charge in [-0.05, 0) is 43.0 Å². The molecular formula is C21H19ClF2N2O4S. The lowest BCUT2D eigenvalue weighted by Crippen LogP contribution is -2.21. The van der Waals surface area contributed by atoms with Crippen LogP contribution in [0, 0.1) is 0 Å². The summed E-state index contributed by atoms with van der Waals surface area (Å²) in [5.41, 5.74) is 0.775. The third kappa shape index (κ3) is 3.81. The first-order valence-corrected chi connectivity index (χ1v) is 10.5. The molecule has 10 heteroatoms. The molecule has 1 fully saturated rings. The zero-order valence-electron chi connectivity index (χ0n) is 16.2. The fraction of sp³-hybridized carbons (Fsp3) is 0.333. The number of ether oxygens (including phenoxy) is 1. The van der Waals surface area contributed by atoms with E-state index in [2.05, 4.69) is 5.32 Å². The van der Waals surface area contributed by atoms with Crippen LogP contribution >= 0.6 is 23.7 Å². The Morgan fingerprint density at radius 3 is 2.74 bits per heavy atom. The molecule has 5 rings (SSSR count). The van der Waals surface area contributed by atoms with Crippen LogP contribution in [0.1, 0.15) is 39.7 Å². The zero-order chi connectivity index (χ0) is 21.0. The van der Waals surface area contributed by atoms with E-state index in [1.807, 2.05) is 6.07 Å². The van der Waals surface area contributed by atoms with E-state index in [4.69, 9.17) is 4.74 Å². The summed E-state index contributed by atoms with van der Waals surface area (Å²) in [7, 11) is 0. The van der Waals surface area contributed by atoms with Crippen molar-refractivity contribution in [3.05, 3.63) is 50.6 Å². The summed E-state index contributed by atoms with van der Waals surface area (Å²) in [6.07, 6.45) is 3.70. The number of alkyl halides is 2. The van der Waals surface area contributed by atoms with Crippen LogP contribution in [0.2, 0.25) is 0 Å². The Balaban J connectivity index is 0.00000231. The molecule has 1 aliphatic carbocycles. The van der Waals surface area contributed by atoms with Crippen molar-refractivity contribution in [2.75, 3.05) is 6.54 Å². The number of nitrogens with zero attached hydrogens (tertiary/aromatic N) is 1. The molecule has 3 heterocycles. The zero-order valence-corrected chi connectivity index (χ0v) is 17.8. The summed E-state index contributed by atoms with van der Waals surface area (Å²) in [5.74, 6) is -1.41. The number of fused-ring (bicyclic) bond motifs is 2. The second kappa shape index (κ2) is 8.22. The standard InChI is InChI=1S/C21H18F2N2O4S.ClH/c22-21(23)29-19-12(16-7-10-8-24-6-5-15(10)30-16)3-4-13-17(19)25(11-1-2-11)9-14(18(13)26)20(27)28;/h3-4,7,9,11,21,24H,1-2,5-6,8H2,(H,27,28);1H. The van der Waals surface area contributed by atoms with E-state index in [1.54, 1.807) is 10.6 Å². The Bertz CT molecular complexity index is 1210. The van der Waals surface area contributed by atoms with Crippen molar-refractivity contribution < 1.29 is 23.4 Å². The fourth-order valence-electron chi connectivity index (χ4n) is 4.00. The van der Waals surface area contributed by atoms with Gasteiger partial charge in [-0.15, -0.1) is 23.7 Å². The van der Waals surface area contributed by atoms with Gasteiger partial charge in [0.1, 0.15) is 5.56 Å². The third-order valence-corrected chi connectivity index (χ3v) is 6.80. The number of hydrogen-bond donors (Lipinski definition) is 2. The van der Waals surface area contributed by atoms with Crippen molar-refractivity contribution in [3.8, 4) is 16.2 Å². The second-order valence-corrected chi connectivity index (χ2v) is 8.66. The fourth-order valence-corrected chi connectivity index (χ4v) is 5.20. The summed E-state index contributed by atoms with van der Waals surface area (Å²) in [6.45, 7) is -1.49. The van der Waals surface area contributed by atoms with Crippen LogP contribution in [-0.4, -0.2) is 28.8 Å². The number of aromatic carboxylic acids is 1. The maximum Gasteiger partial charge on any atom is 0.387 e. The topological polar surface area (TPSA) is 80.6 Å². The minimum Gasteiger partial charge on any atom is -0.477 e. The maximum absolute atomic E-state index is 13.4. The Labute approximate surface area is 185 Å². The van der Waals surface area contributed by atoms with Crippen molar-refractivity contribution in [1.29, 1.82) is 0 Å². The summed E-state index contributed by atoms with van der Waals surface area (Å²) in [5, 5.41) is 12.8. The molecule has 0 unspecified atom stereocenters. The van der Waals surface area contributed by atoms with Gasteiger partial charge in [0.25, 0.3) is 0 Å². The predicted molar refractivity (Wildman–Crippen MR) is 116 cm³/mol. The molecule has 31 heavy (non-hydrogen) atoms. The molecule has 164 valence electrons. The molecule has 0 amide bonds. The first-order chi connectivity index (χ1) is 14.4. The van der Waals surface area contributed by atoms with Crippen molar-refractivity contribution in [3.63, 3.8) is 0 Å². The molecule has 1 aliphatic heterocycles. The third-order valence-electron chi connectivity index (χ3n) is 5.53. The van der Waals surface area contributed by atoms with Crippen LogP contribution in [-0.2, 0) is 13.0 Å². The number of thiophene rings is 1. The van der Waals surface area contributed by atoms with Crippen molar-refractivity contribution in [2.45, 2.75) is 38.5 Å². The summed E-state index contributed by atoms with van der Waals surface area (Å²) >= 11 is 1.53. The lowest BCUT2D eigenvalue weighted by molar-refractivity contribution is -0.0486.